The average Bonchev–Trinajstić information content (AvgIpc) is 3.00. The molecule has 0 radical (unpaired) electrons. The van der Waals surface area contributed by atoms with Gasteiger partial charge in [0.1, 0.15) is 5.75 Å². The van der Waals surface area contributed by atoms with Gasteiger partial charge in [0, 0.05) is 30.4 Å². The Kier molecular flexibility index (Phi) is 8.67. The summed E-state index contributed by atoms with van der Waals surface area (Å²) in [6.45, 7) is 3.93. The fraction of sp³-hybridized carbons (Fsp3) is 0.424. The number of fused-ring (bicyclic) bond motifs is 1. The summed E-state index contributed by atoms with van der Waals surface area (Å²) < 4.78 is 33.0. The quantitative estimate of drug-likeness (QED) is 0.231. The molecule has 0 spiro atoms. The molecule has 0 bridgehead atoms. The third kappa shape index (κ3) is 6.73. The van der Waals surface area contributed by atoms with Crippen LogP contribution in [0.15, 0.2) is 60.9 Å². The van der Waals surface area contributed by atoms with Crippen molar-refractivity contribution in [1.29, 1.82) is 0 Å². The fourth-order valence-corrected chi connectivity index (χ4v) is 8.17. The highest BCUT2D eigenvalue weighted by Gasteiger charge is 2.23. The van der Waals surface area contributed by atoms with E-state index in [1.807, 2.05) is 55.5 Å². The first-order chi connectivity index (χ1) is 20.4. The lowest BCUT2D eigenvalue weighted by molar-refractivity contribution is 0.385. The van der Waals surface area contributed by atoms with E-state index in [0.717, 1.165) is 79.1 Å². The minimum Gasteiger partial charge on any atom is -0.437 e. The third-order valence-corrected chi connectivity index (χ3v) is 10.2. The topological polar surface area (TPSA) is 106 Å². The molecule has 2 fully saturated rings. The van der Waals surface area contributed by atoms with Crippen molar-refractivity contribution in [1.82, 2.24) is 20.3 Å². The maximum atomic E-state index is 13.2. The van der Waals surface area contributed by atoms with Crippen molar-refractivity contribution in [3.8, 4) is 22.9 Å². The first-order valence-electron chi connectivity index (χ1n) is 15.1. The first kappa shape index (κ1) is 28.6. The predicted molar refractivity (Wildman–Crippen MR) is 168 cm³/mol. The molecule has 42 heavy (non-hydrogen) atoms. The molecular formula is C33H39N5O3S. The van der Waals surface area contributed by atoms with Gasteiger partial charge in [0.05, 0.1) is 22.8 Å². The molecule has 8 nitrogen and oxygen atoms in total. The molecule has 9 heteroatoms. The van der Waals surface area contributed by atoms with Crippen molar-refractivity contribution in [2.45, 2.75) is 63.7 Å². The number of aryl methyl sites for hydroxylation is 1. The molecule has 3 heterocycles. The van der Waals surface area contributed by atoms with E-state index in [4.69, 9.17) is 9.72 Å². The summed E-state index contributed by atoms with van der Waals surface area (Å²) in [5.74, 6) is 2.26. The van der Waals surface area contributed by atoms with E-state index in [1.165, 1.54) is 6.42 Å². The Bertz CT molecular complexity index is 1650. The Balaban J connectivity index is 1.28. The zero-order chi connectivity index (χ0) is 28.9. The van der Waals surface area contributed by atoms with Gasteiger partial charge in [-0.3, -0.25) is 0 Å². The zero-order valence-corrected chi connectivity index (χ0v) is 25.0. The van der Waals surface area contributed by atoms with Gasteiger partial charge in [0.2, 0.25) is 11.8 Å². The molecule has 1 aliphatic heterocycles. The van der Waals surface area contributed by atoms with Gasteiger partial charge in [0.15, 0.2) is 9.84 Å². The summed E-state index contributed by atoms with van der Waals surface area (Å²) in [7, 11) is -3.24. The van der Waals surface area contributed by atoms with Crippen molar-refractivity contribution in [3.05, 3.63) is 72.1 Å². The lowest BCUT2D eigenvalue weighted by Crippen LogP contribution is -2.38. The van der Waals surface area contributed by atoms with Crippen molar-refractivity contribution >= 4 is 26.6 Å². The number of rotatable bonds is 9. The summed E-state index contributed by atoms with van der Waals surface area (Å²) in [5, 5.41) is 8.61. The average molecular weight is 586 g/mol. The van der Waals surface area contributed by atoms with E-state index in [2.05, 4.69) is 20.6 Å². The van der Waals surface area contributed by atoms with E-state index < -0.39 is 9.84 Å². The molecule has 1 atom stereocenters. The van der Waals surface area contributed by atoms with Gasteiger partial charge >= 0.3 is 0 Å². The summed E-state index contributed by atoms with van der Waals surface area (Å²) in [6, 6.07) is 15.8. The van der Waals surface area contributed by atoms with Crippen LogP contribution < -0.4 is 15.4 Å². The van der Waals surface area contributed by atoms with Crippen LogP contribution in [0.25, 0.3) is 22.0 Å². The van der Waals surface area contributed by atoms with Crippen LogP contribution in [0, 0.1) is 12.8 Å². The molecule has 2 N–H and O–H groups in total. The maximum absolute atomic E-state index is 13.2. The molecule has 6 rings (SSSR count). The lowest BCUT2D eigenvalue weighted by Gasteiger charge is -2.23. The van der Waals surface area contributed by atoms with Gasteiger partial charge in [-0.1, -0.05) is 49.6 Å². The van der Waals surface area contributed by atoms with E-state index in [-0.39, 0.29) is 23.5 Å². The van der Waals surface area contributed by atoms with Gasteiger partial charge in [-0.25, -0.2) is 23.4 Å². The lowest BCUT2D eigenvalue weighted by atomic mass is 9.91. The number of sulfone groups is 1. The first-order valence-corrected chi connectivity index (χ1v) is 16.9. The zero-order valence-electron chi connectivity index (χ0n) is 24.2. The number of aromatic nitrogens is 3. The van der Waals surface area contributed by atoms with Crippen LogP contribution in [-0.4, -0.2) is 48.3 Å². The summed E-state index contributed by atoms with van der Waals surface area (Å²) in [4.78, 5) is 13.8. The Morgan fingerprint density at radius 1 is 0.929 bits per heavy atom. The summed E-state index contributed by atoms with van der Waals surface area (Å²) >= 11 is 0. The minimum absolute atomic E-state index is 0.0331. The number of benzene rings is 2. The summed E-state index contributed by atoms with van der Waals surface area (Å²) in [5.41, 5.74) is 3.22. The molecule has 2 aromatic carbocycles. The number of ether oxygens (including phenoxy) is 1. The van der Waals surface area contributed by atoms with Crippen LogP contribution in [0.3, 0.4) is 0 Å². The Morgan fingerprint density at radius 2 is 1.81 bits per heavy atom. The number of anilines is 1. The van der Waals surface area contributed by atoms with Crippen LogP contribution in [0.2, 0.25) is 0 Å². The molecule has 1 aliphatic carbocycles. The Labute approximate surface area is 248 Å². The molecule has 2 aliphatic rings. The van der Waals surface area contributed by atoms with Gasteiger partial charge in [-0.05, 0) is 79.8 Å². The predicted octanol–water partition coefficient (Wildman–Crippen LogP) is 6.45. The highest BCUT2D eigenvalue weighted by molar-refractivity contribution is 7.90. The number of nitrogens with zero attached hydrogens (tertiary/aromatic N) is 3. The highest BCUT2D eigenvalue weighted by Crippen LogP contribution is 2.38. The van der Waals surface area contributed by atoms with E-state index >= 15 is 0 Å². The van der Waals surface area contributed by atoms with Crippen molar-refractivity contribution in [2.75, 3.05) is 24.2 Å². The van der Waals surface area contributed by atoms with Crippen LogP contribution in [-0.2, 0) is 15.6 Å². The maximum Gasteiger partial charge on any atom is 0.228 e. The number of piperidine rings is 1. The van der Waals surface area contributed by atoms with Gasteiger partial charge in [0.25, 0.3) is 0 Å². The van der Waals surface area contributed by atoms with E-state index in [0.29, 0.717) is 23.3 Å². The van der Waals surface area contributed by atoms with E-state index in [9.17, 15) is 8.42 Å². The van der Waals surface area contributed by atoms with Crippen molar-refractivity contribution in [3.63, 3.8) is 0 Å². The molecule has 2 aromatic heterocycles. The van der Waals surface area contributed by atoms with Gasteiger partial charge in [-0.2, -0.15) is 0 Å². The second-order valence-electron chi connectivity index (χ2n) is 11.7. The van der Waals surface area contributed by atoms with Crippen LogP contribution in [0.5, 0.6) is 11.6 Å². The molecule has 0 unspecified atom stereocenters. The SMILES string of the molecule is Cc1ccc2c(CS(=O)(=O)CC3CCCCC3)cccc2c1Oc1ncccc1-c1ccnc(N[C@H]2CCCNC2)n1. The molecule has 0 amide bonds. The number of pyridine rings is 1. The molecule has 220 valence electrons. The van der Waals surface area contributed by atoms with Crippen LogP contribution in [0.4, 0.5) is 5.95 Å². The summed E-state index contributed by atoms with van der Waals surface area (Å²) in [6.07, 6.45) is 11.2. The number of nitrogens with one attached hydrogen (secondary N) is 2. The molecule has 4 aromatic rings. The molecule has 1 saturated carbocycles. The van der Waals surface area contributed by atoms with Crippen molar-refractivity contribution < 1.29 is 13.2 Å². The second kappa shape index (κ2) is 12.8. The van der Waals surface area contributed by atoms with Gasteiger partial charge in [-0.15, -0.1) is 0 Å². The number of hydrogen-bond acceptors (Lipinski definition) is 8. The third-order valence-electron chi connectivity index (χ3n) is 8.42. The monoisotopic (exact) mass is 585 g/mol. The smallest absolute Gasteiger partial charge is 0.228 e. The Hall–Kier alpha value is -3.56. The number of hydrogen-bond donors (Lipinski definition) is 2. The fourth-order valence-electron chi connectivity index (χ4n) is 6.27. The largest absolute Gasteiger partial charge is 0.437 e. The minimum atomic E-state index is -3.24. The normalized spacial score (nSPS) is 18.2. The van der Waals surface area contributed by atoms with Crippen LogP contribution >= 0.6 is 0 Å². The highest BCUT2D eigenvalue weighted by atomic mass is 32.2. The second-order valence-corrected chi connectivity index (χ2v) is 13.8. The standard InChI is InChI=1S/C33H39N5O3S/c1-23-14-15-27-25(22-42(39,40)21-24-8-3-2-4-9-24)10-5-12-28(27)31(23)41-32-29(13-7-18-35-32)30-16-19-36-33(38-30)37-26-11-6-17-34-20-26/h5,7,10,12-16,18-19,24,26,34H,2-4,6,8-9,11,17,20-22H2,1H3,(H,36,37,38)/t26-/m0/s1. The Morgan fingerprint density at radius 3 is 2.64 bits per heavy atom. The van der Waals surface area contributed by atoms with Crippen molar-refractivity contribution in [2.24, 2.45) is 5.92 Å². The molecule has 1 saturated heterocycles. The molecular weight excluding hydrogens is 546 g/mol. The van der Waals surface area contributed by atoms with Crippen LogP contribution in [0.1, 0.15) is 56.1 Å². The van der Waals surface area contributed by atoms with E-state index in [1.54, 1.807) is 12.4 Å². The van der Waals surface area contributed by atoms with Gasteiger partial charge < -0.3 is 15.4 Å².